The van der Waals surface area contributed by atoms with Crippen LogP contribution >= 0.6 is 15.9 Å². The number of hydrogen-bond acceptors (Lipinski definition) is 6. The van der Waals surface area contributed by atoms with Crippen molar-refractivity contribution in [2.75, 3.05) is 0 Å². The van der Waals surface area contributed by atoms with Crippen LogP contribution in [0, 0.1) is 30.3 Å². The summed E-state index contributed by atoms with van der Waals surface area (Å²) in [6, 6.07) is 4.41. The number of benzene rings is 1. The van der Waals surface area contributed by atoms with E-state index in [4.69, 9.17) is 0 Å². The molecule has 0 aromatic heterocycles. The van der Waals surface area contributed by atoms with Gasteiger partial charge in [0.15, 0.2) is 5.56 Å². The molecule has 0 bridgehead atoms. The van der Waals surface area contributed by atoms with Crippen molar-refractivity contribution in [3.05, 3.63) is 60.2 Å². The Morgan fingerprint density at radius 1 is 1.00 bits per heavy atom. The maximum Gasteiger partial charge on any atom is 0.543 e. The summed E-state index contributed by atoms with van der Waals surface area (Å²) in [6.07, 6.45) is 0. The minimum Gasteiger partial charge on any atom is -0.258 e. The number of para-hydroxylation sites is 1. The molecule has 1 aromatic carbocycles. The van der Waals surface area contributed by atoms with Crippen LogP contribution in [-0.4, -0.2) is 14.8 Å². The van der Waals surface area contributed by atoms with Crippen molar-refractivity contribution in [1.82, 2.24) is 0 Å². The minimum absolute atomic E-state index is 0.639. The van der Waals surface area contributed by atoms with Crippen molar-refractivity contribution in [3.8, 4) is 0 Å². The molecule has 0 aliphatic heterocycles. The van der Waals surface area contributed by atoms with Crippen molar-refractivity contribution in [2.24, 2.45) is 0 Å². The maximum absolute atomic E-state index is 10.7. The second-order valence-electron chi connectivity index (χ2n) is 2.88. The Hall–Kier alpha value is -2.10. The molecule has 10 heteroatoms. The lowest BCUT2D eigenvalue weighted by Crippen LogP contribution is -2.37. The van der Waals surface area contributed by atoms with E-state index >= 15 is 0 Å². The average Bonchev–Trinajstić information content (AvgIpc) is 2.27. The number of alkyl halides is 1. The van der Waals surface area contributed by atoms with Gasteiger partial charge in [0.2, 0.25) is 0 Å². The SMILES string of the molecule is O=[N+]([O-])c1ccccc1C(Br)([N+](=O)[O-])[N+](=O)[O-]. The Morgan fingerprint density at radius 2 is 1.47 bits per heavy atom. The Morgan fingerprint density at radius 3 is 1.88 bits per heavy atom. The van der Waals surface area contributed by atoms with E-state index in [-0.39, 0.29) is 0 Å². The van der Waals surface area contributed by atoms with Gasteiger partial charge in [0, 0.05) is 6.07 Å². The molecular formula is C7H4BrN3O6. The van der Waals surface area contributed by atoms with Crippen LogP contribution in [0.2, 0.25) is 0 Å². The zero-order valence-corrected chi connectivity index (χ0v) is 9.56. The molecule has 0 heterocycles. The number of rotatable bonds is 4. The summed E-state index contributed by atoms with van der Waals surface area (Å²) in [7, 11) is 0. The molecule has 1 rings (SSSR count). The summed E-state index contributed by atoms with van der Waals surface area (Å²) >= 11 is 2.34. The number of nitro benzene ring substituents is 1. The van der Waals surface area contributed by atoms with Gasteiger partial charge in [-0.1, -0.05) is 12.1 Å². The summed E-state index contributed by atoms with van der Waals surface area (Å²) in [5, 5.41) is 32.1. The van der Waals surface area contributed by atoms with E-state index in [1.165, 1.54) is 12.1 Å². The van der Waals surface area contributed by atoms with E-state index in [0.717, 1.165) is 12.1 Å². The molecule has 17 heavy (non-hydrogen) atoms. The first-order valence-electron chi connectivity index (χ1n) is 4.03. The van der Waals surface area contributed by atoms with Crippen molar-refractivity contribution in [3.63, 3.8) is 0 Å². The zero-order valence-electron chi connectivity index (χ0n) is 7.98. The van der Waals surface area contributed by atoms with Crippen LogP contribution in [0.15, 0.2) is 24.3 Å². The number of nitro groups is 3. The van der Waals surface area contributed by atoms with Crippen LogP contribution in [0.1, 0.15) is 5.56 Å². The molecule has 0 aliphatic rings. The lowest BCUT2D eigenvalue weighted by Gasteiger charge is -2.10. The second kappa shape index (κ2) is 4.41. The first-order chi connectivity index (χ1) is 7.81. The first-order valence-corrected chi connectivity index (χ1v) is 4.83. The zero-order chi connectivity index (χ0) is 13.2. The fourth-order valence-electron chi connectivity index (χ4n) is 1.17. The van der Waals surface area contributed by atoms with Crippen LogP contribution in [0.4, 0.5) is 5.69 Å². The van der Waals surface area contributed by atoms with E-state index in [1.54, 1.807) is 0 Å². The van der Waals surface area contributed by atoms with E-state index < -0.39 is 30.6 Å². The average molecular weight is 306 g/mol. The molecule has 0 saturated heterocycles. The van der Waals surface area contributed by atoms with Crippen LogP contribution in [0.25, 0.3) is 0 Å². The van der Waals surface area contributed by atoms with Crippen LogP contribution in [-0.2, 0) is 4.57 Å². The summed E-state index contributed by atoms with van der Waals surface area (Å²) in [5.74, 6) is 0. The molecule has 1 aromatic rings. The highest BCUT2D eigenvalue weighted by Crippen LogP contribution is 2.37. The molecular weight excluding hydrogens is 302 g/mol. The van der Waals surface area contributed by atoms with Gasteiger partial charge in [-0.15, -0.1) is 0 Å². The van der Waals surface area contributed by atoms with Crippen molar-refractivity contribution < 1.29 is 14.8 Å². The van der Waals surface area contributed by atoms with Gasteiger partial charge in [-0.05, 0) is 6.07 Å². The molecule has 0 N–H and O–H groups in total. The Kier molecular flexibility index (Phi) is 3.36. The van der Waals surface area contributed by atoms with Gasteiger partial charge in [0.05, 0.1) is 4.92 Å². The molecule has 0 spiro atoms. The molecule has 0 unspecified atom stereocenters. The highest BCUT2D eigenvalue weighted by atomic mass is 79.9. The summed E-state index contributed by atoms with van der Waals surface area (Å²) in [4.78, 5) is 28.7. The molecule has 9 nitrogen and oxygen atoms in total. The smallest absolute Gasteiger partial charge is 0.258 e. The molecule has 0 saturated carbocycles. The predicted octanol–water partition coefficient (Wildman–Crippen LogP) is 1.65. The van der Waals surface area contributed by atoms with Crippen molar-refractivity contribution in [1.29, 1.82) is 0 Å². The van der Waals surface area contributed by atoms with Crippen molar-refractivity contribution in [2.45, 2.75) is 4.57 Å². The van der Waals surface area contributed by atoms with Gasteiger partial charge in [-0.25, -0.2) is 0 Å². The Bertz CT molecular complexity index is 490. The molecule has 0 fully saturated rings. The standard InChI is InChI=1S/C7H4BrN3O6/c8-7(10(14)15,11(16)17)5-3-1-2-4-6(5)9(12)13/h1-4H. The van der Waals surface area contributed by atoms with Crippen LogP contribution in [0.5, 0.6) is 0 Å². The van der Waals surface area contributed by atoms with Gasteiger partial charge >= 0.3 is 4.57 Å². The number of halogens is 1. The predicted molar refractivity (Wildman–Crippen MR) is 57.7 cm³/mol. The van der Waals surface area contributed by atoms with Gasteiger partial charge in [0.1, 0.15) is 25.8 Å². The summed E-state index contributed by atoms with van der Waals surface area (Å²) in [5.41, 5.74) is -1.34. The van der Waals surface area contributed by atoms with E-state index in [1.807, 2.05) is 0 Å². The highest BCUT2D eigenvalue weighted by molar-refractivity contribution is 9.09. The molecule has 0 atom stereocenters. The fraction of sp³-hybridized carbons (Fsp3) is 0.143. The monoisotopic (exact) mass is 305 g/mol. The number of hydrogen-bond donors (Lipinski definition) is 0. The Labute approximate surface area is 102 Å². The third kappa shape index (κ3) is 2.06. The molecule has 0 radical (unpaired) electrons. The van der Waals surface area contributed by atoms with Gasteiger partial charge < -0.3 is 0 Å². The minimum atomic E-state index is -2.92. The normalized spacial score (nSPS) is 10.9. The summed E-state index contributed by atoms with van der Waals surface area (Å²) in [6.45, 7) is 0. The second-order valence-corrected chi connectivity index (χ2v) is 3.98. The lowest BCUT2D eigenvalue weighted by molar-refractivity contribution is -0.770. The van der Waals surface area contributed by atoms with Gasteiger partial charge in [-0.2, -0.15) is 0 Å². The third-order valence-electron chi connectivity index (χ3n) is 1.93. The molecule has 0 amide bonds. The molecule has 90 valence electrons. The maximum atomic E-state index is 10.7. The quantitative estimate of drug-likeness (QED) is 0.273. The third-order valence-corrected chi connectivity index (χ3v) is 2.93. The summed E-state index contributed by atoms with van der Waals surface area (Å²) < 4.78 is -2.92. The van der Waals surface area contributed by atoms with Gasteiger partial charge in [-0.3, -0.25) is 30.3 Å². The first kappa shape index (κ1) is 13.0. The van der Waals surface area contributed by atoms with Gasteiger partial charge in [0.25, 0.3) is 5.69 Å². The van der Waals surface area contributed by atoms with E-state index in [2.05, 4.69) is 15.9 Å². The lowest BCUT2D eigenvalue weighted by atomic mass is 10.1. The van der Waals surface area contributed by atoms with Crippen LogP contribution < -0.4 is 0 Å². The fourth-order valence-corrected chi connectivity index (χ4v) is 1.50. The molecule has 0 aliphatic carbocycles. The van der Waals surface area contributed by atoms with E-state index in [0.29, 0.717) is 0 Å². The largest absolute Gasteiger partial charge is 0.543 e. The van der Waals surface area contributed by atoms with Crippen LogP contribution in [0.3, 0.4) is 0 Å². The number of nitrogens with zero attached hydrogens (tertiary/aromatic N) is 3. The highest BCUT2D eigenvalue weighted by Gasteiger charge is 2.59. The topological polar surface area (TPSA) is 129 Å². The van der Waals surface area contributed by atoms with Crippen molar-refractivity contribution >= 4 is 21.6 Å². The van der Waals surface area contributed by atoms with E-state index in [9.17, 15) is 30.3 Å². The Balaban J connectivity index is 3.55.